The highest BCUT2D eigenvalue weighted by molar-refractivity contribution is 6.31. The van der Waals surface area contributed by atoms with Gasteiger partial charge < -0.3 is 10.2 Å². The van der Waals surface area contributed by atoms with Crippen LogP contribution in [0.4, 0.5) is 5.82 Å². The van der Waals surface area contributed by atoms with Crippen molar-refractivity contribution in [3.05, 3.63) is 22.8 Å². The van der Waals surface area contributed by atoms with E-state index >= 15 is 0 Å². The van der Waals surface area contributed by atoms with Crippen LogP contribution in [0.2, 0.25) is 5.02 Å². The number of pyridine rings is 1. The van der Waals surface area contributed by atoms with E-state index in [-0.39, 0.29) is 0 Å². The molecule has 1 aromatic rings. The molecule has 1 aliphatic rings. The van der Waals surface area contributed by atoms with Crippen molar-refractivity contribution in [1.29, 1.82) is 0 Å². The van der Waals surface area contributed by atoms with E-state index in [0.29, 0.717) is 6.04 Å². The van der Waals surface area contributed by atoms with Gasteiger partial charge in [0.25, 0.3) is 0 Å². The molecule has 0 amide bonds. The highest BCUT2D eigenvalue weighted by Gasteiger charge is 2.19. The number of nitrogens with zero attached hydrogens (tertiary/aromatic N) is 2. The van der Waals surface area contributed by atoms with Crippen molar-refractivity contribution in [2.24, 2.45) is 0 Å². The summed E-state index contributed by atoms with van der Waals surface area (Å²) in [5.41, 5.74) is 0.948. The van der Waals surface area contributed by atoms with Crippen molar-refractivity contribution < 1.29 is 0 Å². The summed E-state index contributed by atoms with van der Waals surface area (Å²) < 4.78 is 0. The molecule has 4 heteroatoms. The van der Waals surface area contributed by atoms with Gasteiger partial charge in [-0.15, -0.1) is 0 Å². The Morgan fingerprint density at radius 2 is 2.05 bits per heavy atom. The first-order valence-corrected chi connectivity index (χ1v) is 7.69. The molecule has 19 heavy (non-hydrogen) atoms. The van der Waals surface area contributed by atoms with Crippen molar-refractivity contribution in [3.63, 3.8) is 0 Å². The van der Waals surface area contributed by atoms with Crippen molar-refractivity contribution >= 4 is 17.4 Å². The van der Waals surface area contributed by atoms with E-state index in [1.807, 2.05) is 12.1 Å². The molecule has 1 fully saturated rings. The first-order chi connectivity index (χ1) is 9.22. The van der Waals surface area contributed by atoms with Crippen LogP contribution >= 0.6 is 11.6 Å². The van der Waals surface area contributed by atoms with Gasteiger partial charge >= 0.3 is 0 Å². The second kappa shape index (κ2) is 7.11. The smallest absolute Gasteiger partial charge is 0.128 e. The lowest BCUT2D eigenvalue weighted by Gasteiger charge is -2.32. The molecule has 1 aliphatic carbocycles. The fourth-order valence-corrected chi connectivity index (χ4v) is 2.86. The average molecular weight is 282 g/mol. The third kappa shape index (κ3) is 3.83. The predicted molar refractivity (Wildman–Crippen MR) is 81.9 cm³/mol. The number of rotatable bonds is 5. The lowest BCUT2D eigenvalue weighted by molar-refractivity contribution is 0.426. The van der Waals surface area contributed by atoms with Crippen LogP contribution in [0.5, 0.6) is 0 Å². The summed E-state index contributed by atoms with van der Waals surface area (Å²) >= 11 is 6.20. The SMILES string of the molecule is CCNCc1nc(N(C)C2CCCCC2)ccc1Cl. The standard InChI is InChI=1S/C15H24ClN3/c1-3-17-11-14-13(16)9-10-15(18-14)19(2)12-7-5-4-6-8-12/h9-10,12,17H,3-8,11H2,1-2H3. The van der Waals surface area contributed by atoms with E-state index in [4.69, 9.17) is 16.6 Å². The summed E-state index contributed by atoms with van der Waals surface area (Å²) in [5, 5.41) is 4.04. The van der Waals surface area contributed by atoms with Gasteiger partial charge in [-0.2, -0.15) is 0 Å². The lowest BCUT2D eigenvalue weighted by atomic mass is 9.94. The Bertz CT molecular complexity index is 402. The van der Waals surface area contributed by atoms with Crippen LogP contribution in [-0.2, 0) is 6.54 Å². The van der Waals surface area contributed by atoms with Gasteiger partial charge in [0, 0.05) is 19.6 Å². The zero-order valence-corrected chi connectivity index (χ0v) is 12.7. The number of hydrogen-bond acceptors (Lipinski definition) is 3. The molecular weight excluding hydrogens is 258 g/mol. The molecular formula is C15H24ClN3. The molecule has 0 saturated heterocycles. The van der Waals surface area contributed by atoms with Crippen LogP contribution in [0.15, 0.2) is 12.1 Å². The molecule has 2 rings (SSSR count). The molecule has 1 saturated carbocycles. The third-order valence-corrected chi connectivity index (χ3v) is 4.27. The Balaban J connectivity index is 2.10. The second-order valence-electron chi connectivity index (χ2n) is 5.28. The maximum absolute atomic E-state index is 6.20. The van der Waals surface area contributed by atoms with Gasteiger partial charge in [-0.3, -0.25) is 0 Å². The van der Waals surface area contributed by atoms with E-state index in [1.165, 1.54) is 32.1 Å². The molecule has 0 radical (unpaired) electrons. The minimum absolute atomic E-state index is 0.634. The normalized spacial score (nSPS) is 16.6. The van der Waals surface area contributed by atoms with Crippen LogP contribution in [0.1, 0.15) is 44.7 Å². The second-order valence-corrected chi connectivity index (χ2v) is 5.69. The minimum Gasteiger partial charge on any atom is -0.357 e. The van der Waals surface area contributed by atoms with Crippen LogP contribution in [-0.4, -0.2) is 24.6 Å². The lowest BCUT2D eigenvalue weighted by Crippen LogP contribution is -2.34. The molecule has 1 N–H and O–H groups in total. The van der Waals surface area contributed by atoms with Crippen LogP contribution < -0.4 is 10.2 Å². The third-order valence-electron chi connectivity index (χ3n) is 3.93. The van der Waals surface area contributed by atoms with Crippen molar-refractivity contribution in [3.8, 4) is 0 Å². The van der Waals surface area contributed by atoms with Gasteiger partial charge in [-0.1, -0.05) is 37.8 Å². The monoisotopic (exact) mass is 281 g/mol. The molecule has 3 nitrogen and oxygen atoms in total. The zero-order chi connectivity index (χ0) is 13.7. The summed E-state index contributed by atoms with van der Waals surface area (Å²) in [6.45, 7) is 3.76. The van der Waals surface area contributed by atoms with Crippen molar-refractivity contribution in [1.82, 2.24) is 10.3 Å². The number of aromatic nitrogens is 1. The fraction of sp³-hybridized carbons (Fsp3) is 0.667. The van der Waals surface area contributed by atoms with Gasteiger partial charge in [0.15, 0.2) is 0 Å². The molecule has 0 spiro atoms. The predicted octanol–water partition coefficient (Wildman–Crippen LogP) is 3.61. The maximum atomic E-state index is 6.20. The van der Waals surface area contributed by atoms with Crippen molar-refractivity contribution in [2.75, 3.05) is 18.5 Å². The van der Waals surface area contributed by atoms with Crippen LogP contribution in [0.25, 0.3) is 0 Å². The highest BCUT2D eigenvalue weighted by Crippen LogP contribution is 2.26. The van der Waals surface area contributed by atoms with E-state index in [9.17, 15) is 0 Å². The molecule has 106 valence electrons. The Morgan fingerprint density at radius 3 is 2.74 bits per heavy atom. The van der Waals surface area contributed by atoms with Crippen LogP contribution in [0, 0.1) is 0 Å². The Labute approximate surface area is 121 Å². The molecule has 0 aromatic carbocycles. The highest BCUT2D eigenvalue weighted by atomic mass is 35.5. The molecule has 0 unspecified atom stereocenters. The Kier molecular flexibility index (Phi) is 5.46. The number of halogens is 1. The topological polar surface area (TPSA) is 28.2 Å². The average Bonchev–Trinajstić information content (AvgIpc) is 2.46. The summed E-state index contributed by atoms with van der Waals surface area (Å²) in [6, 6.07) is 4.64. The van der Waals surface area contributed by atoms with Gasteiger partial charge in [0.05, 0.1) is 10.7 Å². The van der Waals surface area contributed by atoms with Gasteiger partial charge in [-0.25, -0.2) is 4.98 Å². The molecule has 1 heterocycles. The summed E-state index contributed by atoms with van der Waals surface area (Å²) in [7, 11) is 2.16. The van der Waals surface area contributed by atoms with Gasteiger partial charge in [0.1, 0.15) is 5.82 Å². The number of anilines is 1. The first kappa shape index (κ1) is 14.6. The van der Waals surface area contributed by atoms with E-state index in [1.54, 1.807) is 0 Å². The summed E-state index contributed by atoms with van der Waals surface area (Å²) in [5.74, 6) is 1.05. The van der Waals surface area contributed by atoms with E-state index in [2.05, 4.69) is 24.2 Å². The molecule has 0 aliphatic heterocycles. The number of nitrogens with one attached hydrogen (secondary N) is 1. The van der Waals surface area contributed by atoms with E-state index in [0.717, 1.165) is 29.6 Å². The Hall–Kier alpha value is -0.800. The summed E-state index contributed by atoms with van der Waals surface area (Å²) in [4.78, 5) is 7.04. The molecule has 1 aromatic heterocycles. The molecule has 0 atom stereocenters. The van der Waals surface area contributed by atoms with Gasteiger partial charge in [-0.05, 0) is 31.5 Å². The van der Waals surface area contributed by atoms with Crippen molar-refractivity contribution in [2.45, 2.75) is 51.6 Å². The summed E-state index contributed by atoms with van der Waals surface area (Å²) in [6.07, 6.45) is 6.62. The van der Waals surface area contributed by atoms with Gasteiger partial charge in [0.2, 0.25) is 0 Å². The van der Waals surface area contributed by atoms with E-state index < -0.39 is 0 Å². The fourth-order valence-electron chi connectivity index (χ4n) is 2.69. The quantitative estimate of drug-likeness (QED) is 0.894. The number of hydrogen-bond donors (Lipinski definition) is 1. The largest absolute Gasteiger partial charge is 0.357 e. The molecule has 0 bridgehead atoms. The van der Waals surface area contributed by atoms with Crippen LogP contribution in [0.3, 0.4) is 0 Å². The minimum atomic E-state index is 0.634. The maximum Gasteiger partial charge on any atom is 0.128 e. The first-order valence-electron chi connectivity index (χ1n) is 7.31. The zero-order valence-electron chi connectivity index (χ0n) is 12.0. The Morgan fingerprint density at radius 1 is 1.32 bits per heavy atom.